The number of nitrogens with one attached hydrogen (secondary N) is 1. The van der Waals surface area contributed by atoms with Gasteiger partial charge in [0.25, 0.3) is 0 Å². The highest BCUT2D eigenvalue weighted by atomic mass is 16.1. The Hall–Kier alpha value is -2.20. The standard InChI is InChI=1S/C24H33N3O/c1-19(2)18-27-14-10-21(11-15-27)17-26-24(28)23(22-6-4-3-5-7-22)16-20-8-12-25-13-9-20/h3-9,12-13,19,21,23H,10-11,14-18H2,1-2H3,(H,26,28). The summed E-state index contributed by atoms with van der Waals surface area (Å²) in [5, 5.41) is 3.25. The third-order valence-corrected chi connectivity index (χ3v) is 5.60. The molecule has 1 aliphatic rings. The quantitative estimate of drug-likeness (QED) is 0.757. The number of nitrogens with zero attached hydrogens (tertiary/aromatic N) is 2. The number of benzene rings is 1. The molecule has 1 unspecified atom stereocenters. The average molecular weight is 380 g/mol. The molecule has 3 rings (SSSR count). The van der Waals surface area contributed by atoms with Crippen molar-refractivity contribution in [1.29, 1.82) is 0 Å². The van der Waals surface area contributed by atoms with Crippen molar-refractivity contribution in [3.8, 4) is 0 Å². The van der Waals surface area contributed by atoms with Gasteiger partial charge in [0, 0.05) is 25.5 Å². The first kappa shape index (κ1) is 20.5. The lowest BCUT2D eigenvalue weighted by Crippen LogP contribution is -2.41. The summed E-state index contributed by atoms with van der Waals surface area (Å²) < 4.78 is 0. The van der Waals surface area contributed by atoms with Gasteiger partial charge in [0.2, 0.25) is 5.91 Å². The number of carbonyl (C=O) groups excluding carboxylic acids is 1. The van der Waals surface area contributed by atoms with Gasteiger partial charge in [-0.25, -0.2) is 0 Å². The fourth-order valence-corrected chi connectivity index (χ4v) is 4.06. The van der Waals surface area contributed by atoms with Gasteiger partial charge >= 0.3 is 0 Å². The monoisotopic (exact) mass is 379 g/mol. The second-order valence-electron chi connectivity index (χ2n) is 8.41. The molecule has 0 saturated carbocycles. The molecule has 1 aromatic carbocycles. The number of amides is 1. The highest BCUT2D eigenvalue weighted by Gasteiger charge is 2.24. The molecule has 150 valence electrons. The molecule has 1 amide bonds. The molecule has 1 N–H and O–H groups in total. The van der Waals surface area contributed by atoms with E-state index < -0.39 is 0 Å². The summed E-state index contributed by atoms with van der Waals surface area (Å²) in [5.41, 5.74) is 2.21. The van der Waals surface area contributed by atoms with Gasteiger partial charge in [-0.3, -0.25) is 9.78 Å². The third-order valence-electron chi connectivity index (χ3n) is 5.60. The molecule has 0 radical (unpaired) electrons. The molecular weight excluding hydrogens is 346 g/mol. The van der Waals surface area contributed by atoms with Gasteiger partial charge in [-0.15, -0.1) is 0 Å². The lowest BCUT2D eigenvalue weighted by molar-refractivity contribution is -0.122. The van der Waals surface area contributed by atoms with E-state index in [-0.39, 0.29) is 11.8 Å². The Morgan fingerprint density at radius 1 is 1.11 bits per heavy atom. The van der Waals surface area contributed by atoms with E-state index in [4.69, 9.17) is 0 Å². The van der Waals surface area contributed by atoms with Crippen LogP contribution in [-0.4, -0.2) is 42.0 Å². The molecule has 2 heterocycles. The minimum atomic E-state index is -0.162. The molecule has 1 aromatic heterocycles. The maximum Gasteiger partial charge on any atom is 0.227 e. The number of piperidine rings is 1. The van der Waals surface area contributed by atoms with Crippen molar-refractivity contribution in [3.05, 3.63) is 66.0 Å². The fourth-order valence-electron chi connectivity index (χ4n) is 4.06. The van der Waals surface area contributed by atoms with Gasteiger partial charge in [-0.1, -0.05) is 44.2 Å². The Morgan fingerprint density at radius 2 is 1.79 bits per heavy atom. The molecule has 0 bridgehead atoms. The van der Waals surface area contributed by atoms with Crippen LogP contribution >= 0.6 is 0 Å². The molecule has 0 aliphatic carbocycles. The van der Waals surface area contributed by atoms with Crippen molar-refractivity contribution in [2.75, 3.05) is 26.2 Å². The first-order valence-electron chi connectivity index (χ1n) is 10.6. The molecule has 1 fully saturated rings. The Balaban J connectivity index is 1.56. The van der Waals surface area contributed by atoms with Gasteiger partial charge in [-0.05, 0) is 67.4 Å². The van der Waals surface area contributed by atoms with Crippen molar-refractivity contribution >= 4 is 5.91 Å². The van der Waals surface area contributed by atoms with Crippen molar-refractivity contribution in [1.82, 2.24) is 15.2 Å². The Labute approximate surface area is 169 Å². The van der Waals surface area contributed by atoms with Crippen LogP contribution < -0.4 is 5.32 Å². The summed E-state index contributed by atoms with van der Waals surface area (Å²) in [7, 11) is 0. The van der Waals surface area contributed by atoms with Crippen LogP contribution in [0.25, 0.3) is 0 Å². The van der Waals surface area contributed by atoms with E-state index in [1.807, 2.05) is 30.3 Å². The molecule has 1 atom stereocenters. The highest BCUT2D eigenvalue weighted by molar-refractivity contribution is 5.84. The zero-order valence-corrected chi connectivity index (χ0v) is 17.2. The fraction of sp³-hybridized carbons (Fsp3) is 0.500. The van der Waals surface area contributed by atoms with Crippen LogP contribution in [0.4, 0.5) is 0 Å². The SMILES string of the molecule is CC(C)CN1CCC(CNC(=O)C(Cc2ccncc2)c2ccccc2)CC1. The van der Waals surface area contributed by atoms with Gasteiger partial charge in [-0.2, -0.15) is 0 Å². The number of pyridine rings is 1. The van der Waals surface area contributed by atoms with Crippen LogP contribution in [0.1, 0.15) is 43.7 Å². The van der Waals surface area contributed by atoms with Crippen LogP contribution in [-0.2, 0) is 11.2 Å². The summed E-state index contributed by atoms with van der Waals surface area (Å²) in [5.74, 6) is 1.28. The van der Waals surface area contributed by atoms with Crippen molar-refractivity contribution in [3.63, 3.8) is 0 Å². The van der Waals surface area contributed by atoms with Crippen molar-refractivity contribution in [2.24, 2.45) is 11.8 Å². The van der Waals surface area contributed by atoms with Crippen LogP contribution in [0.5, 0.6) is 0 Å². The van der Waals surface area contributed by atoms with E-state index in [1.165, 1.54) is 19.4 Å². The summed E-state index contributed by atoms with van der Waals surface area (Å²) in [6.07, 6.45) is 6.63. The number of rotatable bonds is 8. The summed E-state index contributed by atoms with van der Waals surface area (Å²) >= 11 is 0. The lowest BCUT2D eigenvalue weighted by atomic mass is 9.90. The smallest absolute Gasteiger partial charge is 0.227 e. The van der Waals surface area contributed by atoms with Gasteiger partial charge < -0.3 is 10.2 Å². The van der Waals surface area contributed by atoms with E-state index in [1.54, 1.807) is 12.4 Å². The van der Waals surface area contributed by atoms with Crippen molar-refractivity contribution in [2.45, 2.75) is 39.0 Å². The van der Waals surface area contributed by atoms with Crippen LogP contribution in [0.3, 0.4) is 0 Å². The molecule has 28 heavy (non-hydrogen) atoms. The zero-order valence-electron chi connectivity index (χ0n) is 17.2. The van der Waals surface area contributed by atoms with Crippen LogP contribution in [0.2, 0.25) is 0 Å². The Kier molecular flexibility index (Phi) is 7.61. The molecule has 1 saturated heterocycles. The van der Waals surface area contributed by atoms with Crippen LogP contribution in [0.15, 0.2) is 54.9 Å². The largest absolute Gasteiger partial charge is 0.355 e. The Morgan fingerprint density at radius 3 is 2.43 bits per heavy atom. The first-order valence-corrected chi connectivity index (χ1v) is 10.6. The minimum absolute atomic E-state index is 0.132. The first-order chi connectivity index (χ1) is 13.6. The normalized spacial score (nSPS) is 16.8. The van der Waals surface area contributed by atoms with E-state index in [2.05, 4.69) is 41.2 Å². The van der Waals surface area contributed by atoms with E-state index in [9.17, 15) is 4.79 Å². The summed E-state index contributed by atoms with van der Waals surface area (Å²) in [6.45, 7) is 8.82. The average Bonchev–Trinajstić information content (AvgIpc) is 2.72. The van der Waals surface area contributed by atoms with E-state index in [0.29, 0.717) is 12.3 Å². The molecule has 1 aliphatic heterocycles. The van der Waals surface area contributed by atoms with Gasteiger partial charge in [0.1, 0.15) is 0 Å². The number of hydrogen-bond acceptors (Lipinski definition) is 3. The summed E-state index contributed by atoms with van der Waals surface area (Å²) in [6, 6.07) is 14.1. The van der Waals surface area contributed by atoms with Crippen LogP contribution in [0, 0.1) is 11.8 Å². The summed E-state index contributed by atoms with van der Waals surface area (Å²) in [4.78, 5) is 19.7. The molecule has 4 nitrogen and oxygen atoms in total. The predicted molar refractivity (Wildman–Crippen MR) is 114 cm³/mol. The minimum Gasteiger partial charge on any atom is -0.355 e. The van der Waals surface area contributed by atoms with Gasteiger partial charge in [0.05, 0.1) is 5.92 Å². The Bertz CT molecular complexity index is 709. The molecular formula is C24H33N3O. The number of likely N-dealkylation sites (tertiary alicyclic amines) is 1. The molecule has 2 aromatic rings. The van der Waals surface area contributed by atoms with Gasteiger partial charge in [0.15, 0.2) is 0 Å². The number of aromatic nitrogens is 1. The second kappa shape index (κ2) is 10.4. The maximum atomic E-state index is 13.1. The molecule has 4 heteroatoms. The highest BCUT2D eigenvalue weighted by Crippen LogP contribution is 2.22. The van der Waals surface area contributed by atoms with E-state index in [0.717, 1.165) is 36.7 Å². The molecule has 0 spiro atoms. The van der Waals surface area contributed by atoms with E-state index >= 15 is 0 Å². The second-order valence-corrected chi connectivity index (χ2v) is 8.41. The number of carbonyl (C=O) groups is 1. The van der Waals surface area contributed by atoms with Crippen molar-refractivity contribution < 1.29 is 4.79 Å². The zero-order chi connectivity index (χ0) is 19.8. The third kappa shape index (κ3) is 6.16. The lowest BCUT2D eigenvalue weighted by Gasteiger charge is -2.33. The number of hydrogen-bond donors (Lipinski definition) is 1. The predicted octanol–water partition coefficient (Wildman–Crippen LogP) is 3.89. The topological polar surface area (TPSA) is 45.2 Å². The maximum absolute atomic E-state index is 13.1.